The third-order valence-electron chi connectivity index (χ3n) is 3.88. The van der Waals surface area contributed by atoms with E-state index in [-0.39, 0.29) is 29.8 Å². The first-order valence-corrected chi connectivity index (χ1v) is 11.0. The van der Waals surface area contributed by atoms with Crippen molar-refractivity contribution in [2.75, 3.05) is 19.8 Å². The van der Waals surface area contributed by atoms with Gasteiger partial charge in [0, 0.05) is 43.6 Å². The van der Waals surface area contributed by atoms with E-state index in [1.54, 1.807) is 36.2 Å². The maximum atomic E-state index is 13.4. The Morgan fingerprint density at radius 2 is 2.07 bits per heavy atom. The minimum Gasteiger partial charge on any atom is -0.356 e. The Balaban J connectivity index is 0.00000364. The Morgan fingerprint density at radius 3 is 2.70 bits per heavy atom. The van der Waals surface area contributed by atoms with Crippen molar-refractivity contribution in [2.45, 2.75) is 38.5 Å². The molecule has 1 heterocycles. The smallest absolute Gasteiger partial charge is 0.191 e. The first kappa shape index (κ1) is 24.2. The van der Waals surface area contributed by atoms with Crippen molar-refractivity contribution < 1.29 is 4.39 Å². The fourth-order valence-corrected chi connectivity index (χ4v) is 3.92. The standard InChI is InChI=1S/C19H27FN4S2.HI/c1-13(2)18-24-17(12-26-18)7-8-22-19(21-3)23-10-14-5-6-16(20)9-15(14)11-25-4;/h5-6,9,12-13H,7-8,10-11H2,1-4H3,(H2,21,22,23);1H. The van der Waals surface area contributed by atoms with Crippen LogP contribution in [0, 0.1) is 5.82 Å². The number of halogens is 2. The van der Waals surface area contributed by atoms with Crippen LogP contribution in [0.5, 0.6) is 0 Å². The van der Waals surface area contributed by atoms with Crippen molar-refractivity contribution in [3.63, 3.8) is 0 Å². The maximum Gasteiger partial charge on any atom is 0.191 e. The molecule has 0 fully saturated rings. The minimum atomic E-state index is -0.190. The third-order valence-corrected chi connectivity index (χ3v) is 5.67. The molecule has 0 saturated carbocycles. The van der Waals surface area contributed by atoms with Crippen LogP contribution in [0.25, 0.3) is 0 Å². The Morgan fingerprint density at radius 1 is 1.30 bits per heavy atom. The SMILES string of the molecule is CN=C(NCCc1csc(C(C)C)n1)NCc1ccc(F)cc1CSC.I. The van der Waals surface area contributed by atoms with Crippen molar-refractivity contribution in [2.24, 2.45) is 4.99 Å². The summed E-state index contributed by atoms with van der Waals surface area (Å²) in [4.78, 5) is 8.91. The zero-order valence-electron chi connectivity index (χ0n) is 16.2. The molecule has 0 radical (unpaired) electrons. The average Bonchev–Trinajstić information content (AvgIpc) is 3.09. The van der Waals surface area contributed by atoms with Gasteiger partial charge in [0.1, 0.15) is 5.82 Å². The molecule has 0 unspecified atom stereocenters. The lowest BCUT2D eigenvalue weighted by Crippen LogP contribution is -2.38. The third kappa shape index (κ3) is 7.95. The molecule has 0 aliphatic heterocycles. The summed E-state index contributed by atoms with van der Waals surface area (Å²) in [5, 5.41) is 9.92. The van der Waals surface area contributed by atoms with Gasteiger partial charge >= 0.3 is 0 Å². The predicted octanol–water partition coefficient (Wildman–Crippen LogP) is 4.79. The van der Waals surface area contributed by atoms with Crippen LogP contribution >= 0.6 is 47.1 Å². The zero-order valence-corrected chi connectivity index (χ0v) is 20.2. The summed E-state index contributed by atoms with van der Waals surface area (Å²) in [6, 6.07) is 4.95. The number of hydrogen-bond donors (Lipinski definition) is 2. The molecule has 0 atom stereocenters. The molecule has 8 heteroatoms. The van der Waals surface area contributed by atoms with Crippen LogP contribution < -0.4 is 10.6 Å². The molecular weight excluding hydrogens is 494 g/mol. The number of guanidine groups is 1. The highest BCUT2D eigenvalue weighted by Gasteiger charge is 2.07. The highest BCUT2D eigenvalue weighted by atomic mass is 127. The van der Waals surface area contributed by atoms with Crippen LogP contribution in [0.3, 0.4) is 0 Å². The second-order valence-electron chi connectivity index (χ2n) is 6.28. The van der Waals surface area contributed by atoms with Gasteiger partial charge in [-0.15, -0.1) is 35.3 Å². The average molecular weight is 522 g/mol. The number of thioether (sulfide) groups is 1. The summed E-state index contributed by atoms with van der Waals surface area (Å²) >= 11 is 3.41. The van der Waals surface area contributed by atoms with Gasteiger partial charge in [0.2, 0.25) is 0 Å². The Bertz CT molecular complexity index is 734. The lowest BCUT2D eigenvalue weighted by atomic mass is 10.1. The number of aliphatic imine (C=N–C) groups is 1. The normalized spacial score (nSPS) is 11.4. The van der Waals surface area contributed by atoms with Crippen molar-refractivity contribution in [1.82, 2.24) is 15.6 Å². The van der Waals surface area contributed by atoms with Gasteiger partial charge in [-0.3, -0.25) is 4.99 Å². The van der Waals surface area contributed by atoms with E-state index in [1.165, 1.54) is 11.1 Å². The largest absolute Gasteiger partial charge is 0.356 e. The van der Waals surface area contributed by atoms with Gasteiger partial charge in [0.05, 0.1) is 10.7 Å². The summed E-state index contributed by atoms with van der Waals surface area (Å²) in [6.45, 7) is 5.70. The molecule has 0 aliphatic rings. The summed E-state index contributed by atoms with van der Waals surface area (Å²) < 4.78 is 13.4. The topological polar surface area (TPSA) is 49.3 Å². The molecule has 4 nitrogen and oxygen atoms in total. The highest BCUT2D eigenvalue weighted by Crippen LogP contribution is 2.19. The van der Waals surface area contributed by atoms with E-state index < -0.39 is 0 Å². The molecule has 2 aromatic rings. The number of aromatic nitrogens is 1. The molecule has 150 valence electrons. The second kappa shape index (κ2) is 12.6. The molecule has 1 aromatic heterocycles. The van der Waals surface area contributed by atoms with Gasteiger partial charge in [0.25, 0.3) is 0 Å². The minimum absolute atomic E-state index is 0. The summed E-state index contributed by atoms with van der Waals surface area (Å²) in [7, 11) is 1.75. The van der Waals surface area contributed by atoms with Crippen molar-refractivity contribution in [3.05, 3.63) is 51.2 Å². The van der Waals surface area contributed by atoms with E-state index in [0.29, 0.717) is 12.5 Å². The molecule has 0 aliphatic carbocycles. The molecule has 0 amide bonds. The molecule has 1 aromatic carbocycles. The lowest BCUT2D eigenvalue weighted by molar-refractivity contribution is 0.625. The number of nitrogens with zero attached hydrogens (tertiary/aromatic N) is 2. The van der Waals surface area contributed by atoms with E-state index in [9.17, 15) is 4.39 Å². The van der Waals surface area contributed by atoms with E-state index in [2.05, 4.69) is 39.8 Å². The van der Waals surface area contributed by atoms with Gasteiger partial charge in [-0.05, 0) is 29.5 Å². The van der Waals surface area contributed by atoms with E-state index in [4.69, 9.17) is 0 Å². The maximum absolute atomic E-state index is 13.4. The molecule has 0 bridgehead atoms. The summed E-state index contributed by atoms with van der Waals surface area (Å²) in [6.07, 6.45) is 2.88. The van der Waals surface area contributed by atoms with Crippen LogP contribution in [0.2, 0.25) is 0 Å². The first-order chi connectivity index (χ1) is 12.5. The van der Waals surface area contributed by atoms with Gasteiger partial charge in [-0.25, -0.2) is 9.37 Å². The molecule has 2 N–H and O–H groups in total. The van der Waals surface area contributed by atoms with Crippen LogP contribution in [0.1, 0.15) is 41.6 Å². The molecule has 0 saturated heterocycles. The van der Waals surface area contributed by atoms with Gasteiger partial charge < -0.3 is 10.6 Å². The van der Waals surface area contributed by atoms with Gasteiger partial charge in [-0.2, -0.15) is 11.8 Å². The van der Waals surface area contributed by atoms with E-state index in [1.807, 2.05) is 12.3 Å². The quantitative estimate of drug-likeness (QED) is 0.297. The summed E-state index contributed by atoms with van der Waals surface area (Å²) in [5.41, 5.74) is 3.22. The Hall–Kier alpha value is -0.870. The number of thiazole rings is 1. The van der Waals surface area contributed by atoms with Gasteiger partial charge in [-0.1, -0.05) is 19.9 Å². The van der Waals surface area contributed by atoms with Crippen molar-refractivity contribution >= 4 is 53.0 Å². The second-order valence-corrected chi connectivity index (χ2v) is 8.04. The molecule has 0 spiro atoms. The predicted molar refractivity (Wildman–Crippen MR) is 127 cm³/mol. The number of rotatable bonds is 8. The molecule has 2 rings (SSSR count). The number of nitrogens with one attached hydrogen (secondary N) is 2. The lowest BCUT2D eigenvalue weighted by Gasteiger charge is -2.14. The monoisotopic (exact) mass is 522 g/mol. The summed E-state index contributed by atoms with van der Waals surface area (Å²) in [5.74, 6) is 1.82. The van der Waals surface area contributed by atoms with Crippen LogP contribution in [0.4, 0.5) is 4.39 Å². The Kier molecular flexibility index (Phi) is 11.2. The number of hydrogen-bond acceptors (Lipinski definition) is 4. The first-order valence-electron chi connectivity index (χ1n) is 8.68. The highest BCUT2D eigenvalue weighted by molar-refractivity contribution is 14.0. The molecule has 27 heavy (non-hydrogen) atoms. The number of benzene rings is 1. The Labute approximate surface area is 186 Å². The van der Waals surface area contributed by atoms with Crippen molar-refractivity contribution in [3.8, 4) is 0 Å². The van der Waals surface area contributed by atoms with Crippen molar-refractivity contribution in [1.29, 1.82) is 0 Å². The van der Waals surface area contributed by atoms with Crippen LogP contribution in [0.15, 0.2) is 28.6 Å². The van der Waals surface area contributed by atoms with E-state index >= 15 is 0 Å². The van der Waals surface area contributed by atoms with Crippen LogP contribution in [-0.4, -0.2) is 30.8 Å². The fourth-order valence-electron chi connectivity index (χ4n) is 2.47. The molecular formula is C19H28FIN4S2. The van der Waals surface area contributed by atoms with Gasteiger partial charge in [0.15, 0.2) is 5.96 Å². The zero-order chi connectivity index (χ0) is 18.9. The van der Waals surface area contributed by atoms with Crippen LogP contribution in [-0.2, 0) is 18.7 Å². The fraction of sp³-hybridized carbons (Fsp3) is 0.474. The van der Waals surface area contributed by atoms with E-state index in [0.717, 1.165) is 41.5 Å².